The number of nitrogens with one attached hydrogen (secondary N) is 1. The molecule has 0 aliphatic carbocycles. The summed E-state index contributed by atoms with van der Waals surface area (Å²) >= 11 is 1.63. The second-order valence-corrected chi connectivity index (χ2v) is 5.60. The van der Waals surface area contributed by atoms with Gasteiger partial charge < -0.3 is 5.32 Å². The van der Waals surface area contributed by atoms with Crippen molar-refractivity contribution in [3.63, 3.8) is 0 Å². The molecule has 5 heteroatoms. The van der Waals surface area contributed by atoms with Gasteiger partial charge in [-0.2, -0.15) is 13.2 Å². The average molecular weight is 305 g/mol. The summed E-state index contributed by atoms with van der Waals surface area (Å²) in [5.41, 5.74) is 1.11. The first-order chi connectivity index (χ1) is 9.48. The van der Waals surface area contributed by atoms with Gasteiger partial charge in [-0.25, -0.2) is 0 Å². The van der Waals surface area contributed by atoms with Gasteiger partial charge in [0.25, 0.3) is 0 Å². The number of benzene rings is 1. The van der Waals surface area contributed by atoms with E-state index in [0.29, 0.717) is 6.42 Å². The van der Waals surface area contributed by atoms with Gasteiger partial charge in [0, 0.05) is 17.4 Å². The predicted molar refractivity (Wildman–Crippen MR) is 79.2 cm³/mol. The molecule has 1 unspecified atom stereocenters. The average Bonchev–Trinajstić information content (AvgIpc) is 2.41. The summed E-state index contributed by atoms with van der Waals surface area (Å²) in [5.74, 6) is 0. The SMILES string of the molecule is CCCNC(CCCC(F)(F)F)c1ccccc1SC. The topological polar surface area (TPSA) is 12.0 Å². The molecule has 114 valence electrons. The highest BCUT2D eigenvalue weighted by Gasteiger charge is 2.27. The third-order valence-corrected chi connectivity index (χ3v) is 3.92. The number of thioether (sulfide) groups is 1. The molecule has 1 aromatic carbocycles. The normalized spacial score (nSPS) is 13.4. The van der Waals surface area contributed by atoms with Crippen LogP contribution >= 0.6 is 11.8 Å². The van der Waals surface area contributed by atoms with Crippen LogP contribution in [0, 0.1) is 0 Å². The van der Waals surface area contributed by atoms with Gasteiger partial charge in [0.15, 0.2) is 0 Å². The molecular weight excluding hydrogens is 283 g/mol. The Labute approximate surface area is 123 Å². The van der Waals surface area contributed by atoms with Crippen LogP contribution in [-0.2, 0) is 0 Å². The Balaban J connectivity index is 2.72. The van der Waals surface area contributed by atoms with E-state index in [9.17, 15) is 13.2 Å². The van der Waals surface area contributed by atoms with E-state index in [2.05, 4.69) is 12.2 Å². The van der Waals surface area contributed by atoms with Gasteiger partial charge in [0.2, 0.25) is 0 Å². The Kier molecular flexibility index (Phi) is 7.45. The molecule has 20 heavy (non-hydrogen) atoms. The molecule has 0 bridgehead atoms. The maximum absolute atomic E-state index is 12.3. The highest BCUT2D eigenvalue weighted by molar-refractivity contribution is 7.98. The summed E-state index contributed by atoms with van der Waals surface area (Å²) < 4.78 is 36.8. The minimum atomic E-state index is -4.06. The van der Waals surface area contributed by atoms with E-state index in [-0.39, 0.29) is 12.5 Å². The molecule has 1 N–H and O–H groups in total. The van der Waals surface area contributed by atoms with Gasteiger partial charge in [-0.05, 0) is 43.7 Å². The van der Waals surface area contributed by atoms with Gasteiger partial charge in [-0.3, -0.25) is 0 Å². The molecule has 0 amide bonds. The van der Waals surface area contributed by atoms with Crippen LogP contribution in [-0.4, -0.2) is 19.0 Å². The van der Waals surface area contributed by atoms with Crippen molar-refractivity contribution in [3.05, 3.63) is 29.8 Å². The van der Waals surface area contributed by atoms with Crippen molar-refractivity contribution in [3.8, 4) is 0 Å². The third kappa shape index (κ3) is 6.18. The molecule has 0 saturated carbocycles. The molecule has 0 fully saturated rings. The highest BCUT2D eigenvalue weighted by Crippen LogP contribution is 2.31. The first-order valence-electron chi connectivity index (χ1n) is 6.91. The maximum atomic E-state index is 12.3. The lowest BCUT2D eigenvalue weighted by molar-refractivity contribution is -0.135. The lowest BCUT2D eigenvalue weighted by atomic mass is 10.0. The van der Waals surface area contributed by atoms with Crippen LogP contribution in [0.5, 0.6) is 0 Å². The summed E-state index contributed by atoms with van der Waals surface area (Å²) in [4.78, 5) is 1.13. The summed E-state index contributed by atoms with van der Waals surface area (Å²) in [6, 6.07) is 7.93. The fraction of sp³-hybridized carbons (Fsp3) is 0.600. The molecule has 1 aromatic rings. The van der Waals surface area contributed by atoms with E-state index in [1.165, 1.54) is 0 Å². The second-order valence-electron chi connectivity index (χ2n) is 4.76. The molecule has 0 saturated heterocycles. The fourth-order valence-corrected chi connectivity index (χ4v) is 2.81. The van der Waals surface area contributed by atoms with Crippen molar-refractivity contribution < 1.29 is 13.2 Å². The first kappa shape index (κ1) is 17.4. The lowest BCUT2D eigenvalue weighted by Gasteiger charge is -2.21. The minimum Gasteiger partial charge on any atom is -0.310 e. The van der Waals surface area contributed by atoms with E-state index in [1.807, 2.05) is 30.5 Å². The highest BCUT2D eigenvalue weighted by atomic mass is 32.2. The number of hydrogen-bond donors (Lipinski definition) is 1. The third-order valence-electron chi connectivity index (χ3n) is 3.11. The number of rotatable bonds is 8. The standard InChI is InChI=1S/C15H22F3NS/c1-3-11-19-13(8-6-10-15(16,17)18)12-7-4-5-9-14(12)20-2/h4-5,7,9,13,19H,3,6,8,10-11H2,1-2H3. The zero-order valence-corrected chi connectivity index (χ0v) is 12.8. The largest absolute Gasteiger partial charge is 0.389 e. The van der Waals surface area contributed by atoms with Gasteiger partial charge in [0.05, 0.1) is 0 Å². The van der Waals surface area contributed by atoms with Gasteiger partial charge in [0.1, 0.15) is 0 Å². The predicted octanol–water partition coefficient (Wildman–Crippen LogP) is 5.18. The quantitative estimate of drug-likeness (QED) is 0.664. The summed E-state index contributed by atoms with van der Waals surface area (Å²) in [6.07, 6.45) is -1.14. The zero-order chi connectivity index (χ0) is 15.0. The molecular formula is C15H22F3NS. The van der Waals surface area contributed by atoms with Crippen LogP contribution in [0.1, 0.15) is 44.2 Å². The maximum Gasteiger partial charge on any atom is 0.389 e. The number of halogens is 3. The molecule has 0 aromatic heterocycles. The smallest absolute Gasteiger partial charge is 0.310 e. The Morgan fingerprint density at radius 1 is 1.25 bits per heavy atom. The van der Waals surface area contributed by atoms with Gasteiger partial charge in [-0.15, -0.1) is 11.8 Å². The van der Waals surface area contributed by atoms with Crippen molar-refractivity contribution in [1.82, 2.24) is 5.32 Å². The van der Waals surface area contributed by atoms with Crippen molar-refractivity contribution in [2.24, 2.45) is 0 Å². The fourth-order valence-electron chi connectivity index (χ4n) is 2.15. The van der Waals surface area contributed by atoms with E-state index in [0.717, 1.165) is 23.4 Å². The minimum absolute atomic E-state index is 0.000880. The number of alkyl halides is 3. The molecule has 0 aliphatic rings. The molecule has 0 aliphatic heterocycles. The van der Waals surface area contributed by atoms with Crippen LogP contribution < -0.4 is 5.32 Å². The summed E-state index contributed by atoms with van der Waals surface area (Å²) in [5, 5.41) is 3.37. The van der Waals surface area contributed by atoms with Crippen molar-refractivity contribution in [1.29, 1.82) is 0 Å². The van der Waals surface area contributed by atoms with E-state index in [1.54, 1.807) is 11.8 Å². The molecule has 1 rings (SSSR count). The van der Waals surface area contributed by atoms with Crippen LogP contribution in [0.15, 0.2) is 29.2 Å². The van der Waals surface area contributed by atoms with Crippen molar-refractivity contribution in [2.45, 2.75) is 49.7 Å². The van der Waals surface area contributed by atoms with Crippen LogP contribution in [0.4, 0.5) is 13.2 Å². The molecule has 0 heterocycles. The first-order valence-corrected chi connectivity index (χ1v) is 8.13. The Hall–Kier alpha value is -0.680. The van der Waals surface area contributed by atoms with Crippen LogP contribution in [0.2, 0.25) is 0 Å². The summed E-state index contributed by atoms with van der Waals surface area (Å²) in [7, 11) is 0. The second kappa shape index (κ2) is 8.57. The molecule has 0 spiro atoms. The van der Waals surface area contributed by atoms with E-state index >= 15 is 0 Å². The zero-order valence-electron chi connectivity index (χ0n) is 12.0. The molecule has 1 atom stereocenters. The monoisotopic (exact) mass is 305 g/mol. The van der Waals surface area contributed by atoms with Gasteiger partial charge in [-0.1, -0.05) is 25.1 Å². The van der Waals surface area contributed by atoms with E-state index < -0.39 is 12.6 Å². The Morgan fingerprint density at radius 3 is 2.55 bits per heavy atom. The Morgan fingerprint density at radius 2 is 1.95 bits per heavy atom. The molecule has 1 nitrogen and oxygen atoms in total. The van der Waals surface area contributed by atoms with Crippen molar-refractivity contribution in [2.75, 3.05) is 12.8 Å². The van der Waals surface area contributed by atoms with E-state index in [4.69, 9.17) is 0 Å². The van der Waals surface area contributed by atoms with Crippen LogP contribution in [0.3, 0.4) is 0 Å². The number of hydrogen-bond acceptors (Lipinski definition) is 2. The van der Waals surface area contributed by atoms with Crippen molar-refractivity contribution >= 4 is 11.8 Å². The van der Waals surface area contributed by atoms with Gasteiger partial charge >= 0.3 is 6.18 Å². The molecule has 0 radical (unpaired) electrons. The Bertz CT molecular complexity index is 393. The lowest BCUT2D eigenvalue weighted by Crippen LogP contribution is -2.23. The summed E-state index contributed by atoms with van der Waals surface area (Å²) in [6.45, 7) is 2.87. The van der Waals surface area contributed by atoms with Crippen LogP contribution in [0.25, 0.3) is 0 Å².